The van der Waals surface area contributed by atoms with Gasteiger partial charge in [0.2, 0.25) is 0 Å². The number of nitrogens with zero attached hydrogens (tertiary/aromatic N) is 2. The number of hydrogen-bond acceptors (Lipinski definition) is 3. The monoisotopic (exact) mass is 295 g/mol. The molecule has 2 aromatic rings. The van der Waals surface area contributed by atoms with Gasteiger partial charge in [0.15, 0.2) is 0 Å². The lowest BCUT2D eigenvalue weighted by Crippen LogP contribution is -2.20. The van der Waals surface area contributed by atoms with E-state index >= 15 is 0 Å². The highest BCUT2D eigenvalue weighted by atomic mass is 19.4. The lowest BCUT2D eigenvalue weighted by atomic mass is 9.97. The summed E-state index contributed by atoms with van der Waals surface area (Å²) in [6.45, 7) is 3.49. The molecule has 0 fully saturated rings. The standard InChI is InChI=1S/C15H16F3N3/c1-9-6-11(15(16,17)18)4-5-12(9)14(19-3)13-8-20-10(2)7-21-13/h4-8,14,19H,1-3H3. The van der Waals surface area contributed by atoms with E-state index in [1.54, 1.807) is 26.4 Å². The van der Waals surface area contributed by atoms with E-state index in [4.69, 9.17) is 0 Å². The van der Waals surface area contributed by atoms with Crippen LogP contribution in [-0.4, -0.2) is 17.0 Å². The molecular weight excluding hydrogens is 279 g/mol. The van der Waals surface area contributed by atoms with Crippen molar-refractivity contribution in [2.24, 2.45) is 0 Å². The van der Waals surface area contributed by atoms with Gasteiger partial charge in [-0.15, -0.1) is 0 Å². The molecule has 0 aliphatic rings. The summed E-state index contributed by atoms with van der Waals surface area (Å²) in [5.41, 5.74) is 2.13. The Bertz CT molecular complexity index is 621. The van der Waals surface area contributed by atoms with E-state index < -0.39 is 11.7 Å². The Kier molecular flexibility index (Phi) is 4.27. The number of halogens is 3. The maximum atomic E-state index is 12.7. The molecule has 0 amide bonds. The fourth-order valence-corrected chi connectivity index (χ4v) is 2.19. The van der Waals surface area contributed by atoms with Crippen LogP contribution in [0.25, 0.3) is 0 Å². The number of benzene rings is 1. The van der Waals surface area contributed by atoms with Gasteiger partial charge in [-0.3, -0.25) is 9.97 Å². The molecule has 2 rings (SSSR count). The summed E-state index contributed by atoms with van der Waals surface area (Å²) < 4.78 is 38.1. The van der Waals surface area contributed by atoms with E-state index in [1.807, 2.05) is 6.92 Å². The second kappa shape index (κ2) is 5.81. The van der Waals surface area contributed by atoms with Crippen molar-refractivity contribution >= 4 is 0 Å². The molecule has 1 aromatic carbocycles. The second-order valence-electron chi connectivity index (χ2n) is 4.87. The van der Waals surface area contributed by atoms with Gasteiger partial charge in [0.25, 0.3) is 0 Å². The minimum atomic E-state index is -4.33. The quantitative estimate of drug-likeness (QED) is 0.943. The predicted octanol–water partition coefficient (Wildman–Crippen LogP) is 3.42. The third-order valence-electron chi connectivity index (χ3n) is 3.29. The van der Waals surface area contributed by atoms with Crippen LogP contribution in [0, 0.1) is 13.8 Å². The van der Waals surface area contributed by atoms with Gasteiger partial charge in [0.05, 0.1) is 29.2 Å². The highest BCUT2D eigenvalue weighted by Gasteiger charge is 2.31. The van der Waals surface area contributed by atoms with Crippen LogP contribution in [0.1, 0.15) is 34.1 Å². The van der Waals surface area contributed by atoms with Gasteiger partial charge in [0, 0.05) is 6.20 Å². The van der Waals surface area contributed by atoms with Crippen LogP contribution >= 0.6 is 0 Å². The molecule has 21 heavy (non-hydrogen) atoms. The summed E-state index contributed by atoms with van der Waals surface area (Å²) in [7, 11) is 1.74. The van der Waals surface area contributed by atoms with Crippen LogP contribution in [0.15, 0.2) is 30.6 Å². The zero-order chi connectivity index (χ0) is 15.6. The second-order valence-corrected chi connectivity index (χ2v) is 4.87. The Morgan fingerprint density at radius 2 is 1.81 bits per heavy atom. The summed E-state index contributed by atoms with van der Waals surface area (Å²) in [5.74, 6) is 0. The lowest BCUT2D eigenvalue weighted by Gasteiger charge is -2.19. The van der Waals surface area contributed by atoms with E-state index in [0.29, 0.717) is 11.3 Å². The molecule has 0 aliphatic heterocycles. The van der Waals surface area contributed by atoms with Gasteiger partial charge in [-0.25, -0.2) is 0 Å². The van der Waals surface area contributed by atoms with Crippen LogP contribution in [0.2, 0.25) is 0 Å². The average molecular weight is 295 g/mol. The lowest BCUT2D eigenvalue weighted by molar-refractivity contribution is -0.137. The molecule has 1 N–H and O–H groups in total. The zero-order valence-electron chi connectivity index (χ0n) is 12.0. The molecule has 1 atom stereocenters. The predicted molar refractivity (Wildman–Crippen MR) is 73.9 cm³/mol. The summed E-state index contributed by atoms with van der Waals surface area (Å²) in [6.07, 6.45) is -1.06. The fraction of sp³-hybridized carbons (Fsp3) is 0.333. The molecule has 112 valence electrons. The Morgan fingerprint density at radius 3 is 2.29 bits per heavy atom. The van der Waals surface area contributed by atoms with Crippen LogP contribution in [0.4, 0.5) is 13.2 Å². The maximum Gasteiger partial charge on any atom is 0.416 e. The summed E-state index contributed by atoms with van der Waals surface area (Å²) in [5, 5.41) is 3.07. The van der Waals surface area contributed by atoms with E-state index in [2.05, 4.69) is 15.3 Å². The fourth-order valence-electron chi connectivity index (χ4n) is 2.19. The van der Waals surface area contributed by atoms with Gasteiger partial charge in [-0.2, -0.15) is 13.2 Å². The van der Waals surface area contributed by atoms with E-state index in [9.17, 15) is 13.2 Å². The van der Waals surface area contributed by atoms with Crippen molar-refractivity contribution in [3.63, 3.8) is 0 Å². The van der Waals surface area contributed by atoms with Crippen molar-refractivity contribution in [3.8, 4) is 0 Å². The molecule has 3 nitrogen and oxygen atoms in total. The van der Waals surface area contributed by atoms with Crippen molar-refractivity contribution < 1.29 is 13.2 Å². The van der Waals surface area contributed by atoms with Crippen molar-refractivity contribution in [1.29, 1.82) is 0 Å². The highest BCUT2D eigenvalue weighted by Crippen LogP contribution is 2.32. The van der Waals surface area contributed by atoms with Crippen molar-refractivity contribution in [1.82, 2.24) is 15.3 Å². The maximum absolute atomic E-state index is 12.7. The Hall–Kier alpha value is -1.95. The van der Waals surface area contributed by atoms with Gasteiger partial charge >= 0.3 is 6.18 Å². The first-order valence-electron chi connectivity index (χ1n) is 6.46. The average Bonchev–Trinajstić information content (AvgIpc) is 2.42. The highest BCUT2D eigenvalue weighted by molar-refractivity contribution is 5.37. The zero-order valence-corrected chi connectivity index (χ0v) is 12.0. The molecule has 0 aliphatic carbocycles. The first kappa shape index (κ1) is 15.4. The first-order valence-corrected chi connectivity index (χ1v) is 6.46. The number of rotatable bonds is 3. The molecule has 0 saturated heterocycles. The summed E-state index contributed by atoms with van der Waals surface area (Å²) >= 11 is 0. The Labute approximate surface area is 121 Å². The van der Waals surface area contributed by atoms with Gasteiger partial charge in [-0.05, 0) is 44.2 Å². The molecule has 0 spiro atoms. The normalized spacial score (nSPS) is 13.2. The van der Waals surface area contributed by atoms with E-state index in [0.717, 1.165) is 23.4 Å². The van der Waals surface area contributed by atoms with Gasteiger partial charge < -0.3 is 5.32 Å². The third-order valence-corrected chi connectivity index (χ3v) is 3.29. The molecule has 0 saturated carbocycles. The number of alkyl halides is 3. The molecule has 0 radical (unpaired) electrons. The summed E-state index contributed by atoms with van der Waals surface area (Å²) in [4.78, 5) is 8.47. The SMILES string of the molecule is CNC(c1cnc(C)cn1)c1ccc(C(F)(F)F)cc1C. The Morgan fingerprint density at radius 1 is 1.10 bits per heavy atom. The number of nitrogens with one attached hydrogen (secondary N) is 1. The first-order chi connectivity index (χ1) is 9.82. The number of hydrogen-bond donors (Lipinski definition) is 1. The topological polar surface area (TPSA) is 37.8 Å². The minimum Gasteiger partial charge on any atom is -0.308 e. The molecular formula is C15H16F3N3. The molecule has 1 aromatic heterocycles. The largest absolute Gasteiger partial charge is 0.416 e. The van der Waals surface area contributed by atoms with Crippen molar-refractivity contribution in [3.05, 3.63) is 58.7 Å². The third kappa shape index (κ3) is 3.39. The molecule has 6 heteroatoms. The van der Waals surface area contributed by atoms with Crippen LogP contribution < -0.4 is 5.32 Å². The number of aromatic nitrogens is 2. The van der Waals surface area contributed by atoms with Gasteiger partial charge in [-0.1, -0.05) is 6.07 Å². The number of aryl methyl sites for hydroxylation is 2. The van der Waals surface area contributed by atoms with Crippen LogP contribution in [0.5, 0.6) is 0 Å². The van der Waals surface area contributed by atoms with Crippen molar-refractivity contribution in [2.75, 3.05) is 7.05 Å². The van der Waals surface area contributed by atoms with E-state index in [1.165, 1.54) is 6.07 Å². The van der Waals surface area contributed by atoms with Gasteiger partial charge in [0.1, 0.15) is 0 Å². The summed E-state index contributed by atoms with van der Waals surface area (Å²) in [6, 6.07) is 3.44. The van der Waals surface area contributed by atoms with Crippen molar-refractivity contribution in [2.45, 2.75) is 26.1 Å². The smallest absolute Gasteiger partial charge is 0.308 e. The molecule has 0 bridgehead atoms. The van der Waals surface area contributed by atoms with Crippen LogP contribution in [0.3, 0.4) is 0 Å². The molecule has 1 unspecified atom stereocenters. The minimum absolute atomic E-state index is 0.291. The van der Waals surface area contributed by atoms with Crippen LogP contribution in [-0.2, 0) is 6.18 Å². The Balaban J connectivity index is 2.41. The molecule has 1 heterocycles. The van der Waals surface area contributed by atoms with E-state index in [-0.39, 0.29) is 6.04 Å².